The van der Waals surface area contributed by atoms with Crippen LogP contribution in [0.2, 0.25) is 5.02 Å². The fourth-order valence-corrected chi connectivity index (χ4v) is 2.90. The van der Waals surface area contributed by atoms with Crippen LogP contribution >= 0.6 is 11.6 Å². The molecule has 110 valence electrons. The number of rotatable bonds is 4. The molecule has 1 fully saturated rings. The van der Waals surface area contributed by atoms with Crippen LogP contribution in [0.1, 0.15) is 43.0 Å². The number of amides is 1. The summed E-state index contributed by atoms with van der Waals surface area (Å²) in [5.74, 6) is 6.41. The molecule has 0 radical (unpaired) electrons. The summed E-state index contributed by atoms with van der Waals surface area (Å²) in [7, 11) is 0. The molecule has 0 bridgehead atoms. The van der Waals surface area contributed by atoms with Gasteiger partial charge in [-0.1, -0.05) is 31.4 Å². The van der Waals surface area contributed by atoms with Crippen LogP contribution in [0.3, 0.4) is 0 Å². The van der Waals surface area contributed by atoms with Crippen LogP contribution in [0.4, 0.5) is 5.82 Å². The van der Waals surface area contributed by atoms with Crippen molar-refractivity contribution in [1.82, 2.24) is 9.88 Å². The lowest BCUT2D eigenvalue weighted by Crippen LogP contribution is -2.38. The Kier molecular flexibility index (Phi) is 5.20. The van der Waals surface area contributed by atoms with Gasteiger partial charge in [-0.25, -0.2) is 10.8 Å². The number of nitrogens with zero attached hydrogens (tertiary/aromatic N) is 2. The standard InChI is InChI=1S/C14H21ClN4O/c1-2-3-10-4-6-19(7-5-10)14(20)11-8-12(15)13(18-16)17-9-11/h8-10H,2-7,16H2,1H3,(H,17,18). The number of carbonyl (C=O) groups is 1. The maximum Gasteiger partial charge on any atom is 0.255 e. The third-order valence-corrected chi connectivity index (χ3v) is 4.11. The molecule has 1 aliphatic rings. The third kappa shape index (κ3) is 3.41. The zero-order chi connectivity index (χ0) is 14.5. The van der Waals surface area contributed by atoms with Crippen LogP contribution in [0.25, 0.3) is 0 Å². The zero-order valence-electron chi connectivity index (χ0n) is 11.7. The predicted octanol–water partition coefficient (Wildman–Crippen LogP) is 2.67. The molecule has 2 rings (SSSR count). The van der Waals surface area contributed by atoms with E-state index in [1.54, 1.807) is 6.07 Å². The Morgan fingerprint density at radius 3 is 2.80 bits per heavy atom. The Morgan fingerprint density at radius 1 is 1.55 bits per heavy atom. The first kappa shape index (κ1) is 15.1. The van der Waals surface area contributed by atoms with Gasteiger partial charge in [0, 0.05) is 19.3 Å². The quantitative estimate of drug-likeness (QED) is 0.662. The Bertz CT molecular complexity index is 472. The van der Waals surface area contributed by atoms with Gasteiger partial charge in [0.05, 0.1) is 10.6 Å². The van der Waals surface area contributed by atoms with Gasteiger partial charge >= 0.3 is 0 Å². The highest BCUT2D eigenvalue weighted by Crippen LogP contribution is 2.24. The van der Waals surface area contributed by atoms with Crippen molar-refractivity contribution in [3.63, 3.8) is 0 Å². The van der Waals surface area contributed by atoms with Gasteiger partial charge in [0.1, 0.15) is 0 Å². The van der Waals surface area contributed by atoms with Crippen molar-refractivity contribution >= 4 is 23.3 Å². The summed E-state index contributed by atoms with van der Waals surface area (Å²) >= 11 is 6.00. The number of nitrogen functional groups attached to an aromatic ring is 1. The summed E-state index contributed by atoms with van der Waals surface area (Å²) in [6.07, 6.45) is 6.16. The topological polar surface area (TPSA) is 71.2 Å². The van der Waals surface area contributed by atoms with Gasteiger partial charge in [-0.05, 0) is 24.8 Å². The van der Waals surface area contributed by atoms with E-state index in [-0.39, 0.29) is 5.91 Å². The van der Waals surface area contributed by atoms with Crippen LogP contribution in [0.15, 0.2) is 12.3 Å². The van der Waals surface area contributed by atoms with E-state index in [1.807, 2.05) is 4.90 Å². The molecule has 1 amide bonds. The molecule has 0 atom stereocenters. The largest absolute Gasteiger partial charge is 0.339 e. The second kappa shape index (κ2) is 6.90. The number of hydrogen-bond acceptors (Lipinski definition) is 4. The highest BCUT2D eigenvalue weighted by molar-refractivity contribution is 6.33. The number of halogens is 1. The van der Waals surface area contributed by atoms with E-state index in [0.717, 1.165) is 31.8 Å². The van der Waals surface area contributed by atoms with E-state index in [1.165, 1.54) is 19.0 Å². The lowest BCUT2D eigenvalue weighted by Gasteiger charge is -2.32. The average molecular weight is 297 g/mol. The Hall–Kier alpha value is -1.33. The fourth-order valence-electron chi connectivity index (χ4n) is 2.68. The molecule has 20 heavy (non-hydrogen) atoms. The molecular formula is C14H21ClN4O. The Morgan fingerprint density at radius 2 is 2.25 bits per heavy atom. The minimum Gasteiger partial charge on any atom is -0.339 e. The van der Waals surface area contributed by atoms with E-state index in [4.69, 9.17) is 17.4 Å². The normalized spacial score (nSPS) is 16.2. The van der Waals surface area contributed by atoms with Crippen LogP contribution in [-0.4, -0.2) is 28.9 Å². The molecule has 0 aliphatic carbocycles. The number of likely N-dealkylation sites (tertiary alicyclic amines) is 1. The first-order valence-corrected chi connectivity index (χ1v) is 7.45. The molecule has 6 heteroatoms. The summed E-state index contributed by atoms with van der Waals surface area (Å²) in [6, 6.07) is 1.62. The summed E-state index contributed by atoms with van der Waals surface area (Å²) in [6.45, 7) is 3.84. The van der Waals surface area contributed by atoms with E-state index < -0.39 is 0 Å². The third-order valence-electron chi connectivity index (χ3n) is 3.82. The lowest BCUT2D eigenvalue weighted by molar-refractivity contribution is 0.0686. The number of piperidine rings is 1. The van der Waals surface area contributed by atoms with E-state index >= 15 is 0 Å². The average Bonchev–Trinajstić information content (AvgIpc) is 2.47. The predicted molar refractivity (Wildman–Crippen MR) is 80.6 cm³/mol. The van der Waals surface area contributed by atoms with Gasteiger partial charge in [-0.3, -0.25) is 4.79 Å². The summed E-state index contributed by atoms with van der Waals surface area (Å²) < 4.78 is 0. The molecule has 5 nitrogen and oxygen atoms in total. The molecule has 0 spiro atoms. The Balaban J connectivity index is 2.00. The zero-order valence-corrected chi connectivity index (χ0v) is 12.5. The molecule has 3 N–H and O–H groups in total. The molecule has 0 saturated carbocycles. The second-order valence-corrected chi connectivity index (χ2v) is 5.63. The van der Waals surface area contributed by atoms with Gasteiger partial charge in [-0.15, -0.1) is 0 Å². The van der Waals surface area contributed by atoms with Crippen molar-refractivity contribution in [2.45, 2.75) is 32.6 Å². The number of hydrogen-bond donors (Lipinski definition) is 2. The highest BCUT2D eigenvalue weighted by atomic mass is 35.5. The molecule has 1 aromatic heterocycles. The van der Waals surface area contributed by atoms with Crippen molar-refractivity contribution in [1.29, 1.82) is 0 Å². The minimum atomic E-state index is -0.00193. The second-order valence-electron chi connectivity index (χ2n) is 5.22. The smallest absolute Gasteiger partial charge is 0.255 e. The molecule has 2 heterocycles. The van der Waals surface area contributed by atoms with Gasteiger partial charge < -0.3 is 10.3 Å². The monoisotopic (exact) mass is 296 g/mol. The van der Waals surface area contributed by atoms with Gasteiger partial charge in [0.2, 0.25) is 0 Å². The van der Waals surface area contributed by atoms with E-state index in [2.05, 4.69) is 17.3 Å². The first-order chi connectivity index (χ1) is 9.65. The van der Waals surface area contributed by atoms with Crippen molar-refractivity contribution < 1.29 is 4.79 Å². The maximum atomic E-state index is 12.4. The van der Waals surface area contributed by atoms with Crippen molar-refractivity contribution in [2.24, 2.45) is 11.8 Å². The summed E-state index contributed by atoms with van der Waals surface area (Å²) in [5.41, 5.74) is 2.91. The molecule has 1 saturated heterocycles. The molecule has 0 unspecified atom stereocenters. The Labute approximate surface area is 124 Å². The number of nitrogens with one attached hydrogen (secondary N) is 1. The maximum absolute atomic E-state index is 12.4. The van der Waals surface area contributed by atoms with E-state index in [0.29, 0.717) is 16.4 Å². The number of aromatic nitrogens is 1. The van der Waals surface area contributed by atoms with Gasteiger partial charge in [0.15, 0.2) is 5.82 Å². The first-order valence-electron chi connectivity index (χ1n) is 7.07. The fraction of sp³-hybridized carbons (Fsp3) is 0.571. The van der Waals surface area contributed by atoms with Crippen LogP contribution in [-0.2, 0) is 0 Å². The van der Waals surface area contributed by atoms with Crippen molar-refractivity contribution in [2.75, 3.05) is 18.5 Å². The number of nitrogens with two attached hydrogens (primary N) is 1. The SMILES string of the molecule is CCCC1CCN(C(=O)c2cnc(NN)c(Cl)c2)CC1. The highest BCUT2D eigenvalue weighted by Gasteiger charge is 2.23. The summed E-state index contributed by atoms with van der Waals surface area (Å²) in [5, 5.41) is 0.360. The van der Waals surface area contributed by atoms with E-state index in [9.17, 15) is 4.79 Å². The van der Waals surface area contributed by atoms with Crippen molar-refractivity contribution in [3.8, 4) is 0 Å². The van der Waals surface area contributed by atoms with Crippen LogP contribution < -0.4 is 11.3 Å². The van der Waals surface area contributed by atoms with Gasteiger partial charge in [0.25, 0.3) is 5.91 Å². The van der Waals surface area contributed by atoms with Crippen LogP contribution in [0, 0.1) is 5.92 Å². The number of anilines is 1. The van der Waals surface area contributed by atoms with Crippen molar-refractivity contribution in [3.05, 3.63) is 22.8 Å². The molecule has 0 aromatic carbocycles. The molecule has 1 aromatic rings. The molecular weight excluding hydrogens is 276 g/mol. The van der Waals surface area contributed by atoms with Crippen LogP contribution in [0.5, 0.6) is 0 Å². The minimum absolute atomic E-state index is 0.00193. The summed E-state index contributed by atoms with van der Waals surface area (Å²) in [4.78, 5) is 18.3. The lowest BCUT2D eigenvalue weighted by atomic mass is 9.92. The number of pyridine rings is 1. The number of carbonyl (C=O) groups excluding carboxylic acids is 1. The number of hydrazine groups is 1. The van der Waals surface area contributed by atoms with Gasteiger partial charge in [-0.2, -0.15) is 0 Å². The molecule has 1 aliphatic heterocycles.